The molecule has 1 saturated heterocycles. The van der Waals surface area contributed by atoms with Gasteiger partial charge in [-0.05, 0) is 50.2 Å². The molecule has 2 aromatic rings. The van der Waals surface area contributed by atoms with Gasteiger partial charge in [0.2, 0.25) is 10.0 Å². The van der Waals surface area contributed by atoms with Gasteiger partial charge < -0.3 is 15.0 Å². The normalized spacial score (nSPS) is 15.0. The van der Waals surface area contributed by atoms with Crippen LogP contribution in [0.3, 0.4) is 0 Å². The second kappa shape index (κ2) is 10.2. The Kier molecular flexibility index (Phi) is 7.82. The van der Waals surface area contributed by atoms with Gasteiger partial charge in [-0.15, -0.1) is 0 Å². The lowest BCUT2D eigenvalue weighted by atomic mass is 10.2. The number of rotatable bonds is 7. The standard InChI is InChI=1S/C21H25Cl2N3O4S/c1-3-25(4-2)20-8-6-16(31(28,29)26-9-11-30-12-10-26)14-19(20)24-21(27)17-13-15(22)5-7-18(17)23/h5-8,13-14H,3-4,9-12H2,1-2H3,(H,24,27). The predicted molar refractivity (Wildman–Crippen MR) is 124 cm³/mol. The third-order valence-corrected chi connectivity index (χ3v) is 7.56. The van der Waals surface area contributed by atoms with E-state index in [1.165, 1.54) is 16.4 Å². The van der Waals surface area contributed by atoms with Crippen LogP contribution in [0, 0.1) is 0 Å². The number of halogens is 2. The fourth-order valence-electron chi connectivity index (χ4n) is 3.41. The molecule has 3 rings (SSSR count). The van der Waals surface area contributed by atoms with Crippen LogP contribution in [-0.4, -0.2) is 58.0 Å². The van der Waals surface area contributed by atoms with Crippen molar-refractivity contribution in [3.05, 3.63) is 52.0 Å². The van der Waals surface area contributed by atoms with Crippen LogP contribution < -0.4 is 10.2 Å². The quantitative estimate of drug-likeness (QED) is 0.637. The van der Waals surface area contributed by atoms with E-state index in [0.29, 0.717) is 50.1 Å². The molecule has 1 N–H and O–H groups in total. The zero-order valence-electron chi connectivity index (χ0n) is 17.4. The lowest BCUT2D eigenvalue weighted by Crippen LogP contribution is -2.40. The Hall–Kier alpha value is -1.84. The largest absolute Gasteiger partial charge is 0.379 e. The molecule has 168 valence electrons. The fraction of sp³-hybridized carbons (Fsp3) is 0.381. The van der Waals surface area contributed by atoms with Crippen LogP contribution in [0.5, 0.6) is 0 Å². The number of amides is 1. The van der Waals surface area contributed by atoms with Crippen LogP contribution >= 0.6 is 23.2 Å². The van der Waals surface area contributed by atoms with E-state index in [9.17, 15) is 13.2 Å². The monoisotopic (exact) mass is 485 g/mol. The van der Waals surface area contributed by atoms with E-state index < -0.39 is 15.9 Å². The van der Waals surface area contributed by atoms with Crippen molar-refractivity contribution in [3.8, 4) is 0 Å². The van der Waals surface area contributed by atoms with Crippen LogP contribution in [-0.2, 0) is 14.8 Å². The molecule has 1 fully saturated rings. The van der Waals surface area contributed by atoms with E-state index >= 15 is 0 Å². The SMILES string of the molecule is CCN(CC)c1ccc(S(=O)(=O)N2CCOCC2)cc1NC(=O)c1cc(Cl)ccc1Cl. The first-order chi connectivity index (χ1) is 14.8. The van der Waals surface area contributed by atoms with Gasteiger partial charge in [-0.1, -0.05) is 23.2 Å². The summed E-state index contributed by atoms with van der Waals surface area (Å²) >= 11 is 12.2. The average Bonchev–Trinajstić information content (AvgIpc) is 2.77. The molecule has 0 bridgehead atoms. The number of carbonyl (C=O) groups excluding carboxylic acids is 1. The van der Waals surface area contributed by atoms with Crippen molar-refractivity contribution in [2.45, 2.75) is 18.7 Å². The van der Waals surface area contributed by atoms with E-state index in [0.717, 1.165) is 5.69 Å². The van der Waals surface area contributed by atoms with Crippen molar-refractivity contribution in [3.63, 3.8) is 0 Å². The maximum atomic E-state index is 13.1. The minimum Gasteiger partial charge on any atom is -0.379 e. The zero-order chi connectivity index (χ0) is 22.6. The number of nitrogens with zero attached hydrogens (tertiary/aromatic N) is 2. The molecule has 0 atom stereocenters. The number of nitrogens with one attached hydrogen (secondary N) is 1. The van der Waals surface area contributed by atoms with Crippen molar-refractivity contribution in [1.29, 1.82) is 0 Å². The summed E-state index contributed by atoms with van der Waals surface area (Å²) in [5, 5.41) is 3.46. The smallest absolute Gasteiger partial charge is 0.257 e. The Balaban J connectivity index is 2.02. The lowest BCUT2D eigenvalue weighted by Gasteiger charge is -2.28. The summed E-state index contributed by atoms with van der Waals surface area (Å²) in [7, 11) is -3.72. The van der Waals surface area contributed by atoms with Crippen LogP contribution in [0.2, 0.25) is 10.0 Å². The van der Waals surface area contributed by atoms with Gasteiger partial charge in [-0.2, -0.15) is 4.31 Å². The number of morpholine rings is 1. The summed E-state index contributed by atoms with van der Waals surface area (Å²) in [6, 6.07) is 9.40. The maximum absolute atomic E-state index is 13.1. The van der Waals surface area contributed by atoms with E-state index in [-0.39, 0.29) is 15.5 Å². The van der Waals surface area contributed by atoms with Gasteiger partial charge in [-0.3, -0.25) is 4.79 Å². The summed E-state index contributed by atoms with van der Waals surface area (Å²) in [5.41, 5.74) is 1.32. The van der Waals surface area contributed by atoms with Crippen molar-refractivity contribution in [1.82, 2.24) is 4.31 Å². The first-order valence-electron chi connectivity index (χ1n) is 10.0. The molecule has 0 spiro atoms. The van der Waals surface area contributed by atoms with E-state index in [1.54, 1.807) is 24.3 Å². The Labute approximate surface area is 192 Å². The highest BCUT2D eigenvalue weighted by molar-refractivity contribution is 7.89. The molecule has 7 nitrogen and oxygen atoms in total. The number of anilines is 2. The summed E-state index contributed by atoms with van der Waals surface area (Å²) in [6.07, 6.45) is 0. The first-order valence-corrected chi connectivity index (χ1v) is 12.2. The number of carbonyl (C=O) groups is 1. The third kappa shape index (κ3) is 5.32. The molecule has 1 heterocycles. The highest BCUT2D eigenvalue weighted by Gasteiger charge is 2.28. The molecule has 10 heteroatoms. The van der Waals surface area contributed by atoms with Gasteiger partial charge in [0, 0.05) is 31.2 Å². The Morgan fingerprint density at radius 1 is 1.10 bits per heavy atom. The second-order valence-corrected chi connectivity index (χ2v) is 9.73. The number of benzene rings is 2. The van der Waals surface area contributed by atoms with Gasteiger partial charge in [-0.25, -0.2) is 8.42 Å². The second-order valence-electron chi connectivity index (χ2n) is 6.95. The lowest BCUT2D eigenvalue weighted by molar-refractivity contribution is 0.0730. The molecule has 1 aliphatic rings. The van der Waals surface area contributed by atoms with Crippen molar-refractivity contribution in [2.75, 3.05) is 49.6 Å². The minimum atomic E-state index is -3.72. The van der Waals surface area contributed by atoms with Crippen LogP contribution in [0.1, 0.15) is 24.2 Å². The molecule has 31 heavy (non-hydrogen) atoms. The average molecular weight is 486 g/mol. The van der Waals surface area contributed by atoms with Gasteiger partial charge in [0.05, 0.1) is 40.1 Å². The number of hydrogen-bond donors (Lipinski definition) is 1. The number of ether oxygens (including phenoxy) is 1. The molecule has 0 aromatic heterocycles. The molecule has 1 amide bonds. The molecule has 2 aromatic carbocycles. The molecule has 0 saturated carbocycles. The van der Waals surface area contributed by atoms with Gasteiger partial charge >= 0.3 is 0 Å². The van der Waals surface area contributed by atoms with E-state index in [4.69, 9.17) is 27.9 Å². The molecular weight excluding hydrogens is 461 g/mol. The minimum absolute atomic E-state index is 0.109. The van der Waals surface area contributed by atoms with Crippen molar-refractivity contribution in [2.24, 2.45) is 0 Å². The van der Waals surface area contributed by atoms with E-state index in [1.807, 2.05) is 18.7 Å². The molecular formula is C21H25Cl2N3O4S. The van der Waals surface area contributed by atoms with Crippen LogP contribution in [0.25, 0.3) is 0 Å². The van der Waals surface area contributed by atoms with Gasteiger partial charge in [0.15, 0.2) is 0 Å². The maximum Gasteiger partial charge on any atom is 0.257 e. The zero-order valence-corrected chi connectivity index (χ0v) is 19.7. The first kappa shape index (κ1) is 23.8. The van der Waals surface area contributed by atoms with Crippen LogP contribution in [0.15, 0.2) is 41.3 Å². The molecule has 0 unspecified atom stereocenters. The third-order valence-electron chi connectivity index (χ3n) is 5.10. The highest BCUT2D eigenvalue weighted by atomic mass is 35.5. The topological polar surface area (TPSA) is 79.0 Å². The van der Waals surface area contributed by atoms with E-state index in [2.05, 4.69) is 5.32 Å². The summed E-state index contributed by atoms with van der Waals surface area (Å²) in [4.78, 5) is 15.1. The van der Waals surface area contributed by atoms with Gasteiger partial charge in [0.1, 0.15) is 0 Å². The summed E-state index contributed by atoms with van der Waals surface area (Å²) < 4.78 is 32.9. The highest BCUT2D eigenvalue weighted by Crippen LogP contribution is 2.32. The summed E-state index contributed by atoms with van der Waals surface area (Å²) in [5.74, 6) is -0.471. The molecule has 0 radical (unpaired) electrons. The fourth-order valence-corrected chi connectivity index (χ4v) is 5.22. The Morgan fingerprint density at radius 3 is 2.42 bits per heavy atom. The Bertz CT molecular complexity index is 1050. The Morgan fingerprint density at radius 2 is 1.77 bits per heavy atom. The van der Waals surface area contributed by atoms with Crippen molar-refractivity contribution >= 4 is 50.5 Å². The van der Waals surface area contributed by atoms with Gasteiger partial charge in [0.25, 0.3) is 5.91 Å². The number of sulfonamides is 1. The van der Waals surface area contributed by atoms with Crippen molar-refractivity contribution < 1.29 is 17.9 Å². The number of hydrogen-bond acceptors (Lipinski definition) is 5. The predicted octanol–water partition coefficient (Wildman–Crippen LogP) is 4.11. The van der Waals surface area contributed by atoms with Crippen LogP contribution in [0.4, 0.5) is 11.4 Å². The molecule has 0 aliphatic carbocycles. The molecule has 1 aliphatic heterocycles. The summed E-state index contributed by atoms with van der Waals surface area (Å²) in [6.45, 7) is 6.64.